The summed E-state index contributed by atoms with van der Waals surface area (Å²) in [6, 6.07) is 3.65. The zero-order chi connectivity index (χ0) is 10.4. The van der Waals surface area contributed by atoms with Crippen LogP contribution in [0.3, 0.4) is 0 Å². The summed E-state index contributed by atoms with van der Waals surface area (Å²) < 4.78 is 5.10. The molecular weight excluding hydrogens is 176 g/mol. The minimum atomic E-state index is -0.102. The van der Waals surface area contributed by atoms with Crippen LogP contribution in [0.25, 0.3) is 0 Å². The van der Waals surface area contributed by atoms with Crippen molar-refractivity contribution < 1.29 is 4.74 Å². The van der Waals surface area contributed by atoms with Crippen molar-refractivity contribution in [2.24, 2.45) is 5.73 Å². The normalized spacial score (nSPS) is 11.8. The first kappa shape index (κ1) is 10.6. The van der Waals surface area contributed by atoms with Gasteiger partial charge in [0.05, 0.1) is 7.11 Å². The molecule has 1 atom stereocenters. The Morgan fingerprint density at radius 3 is 3.14 bits per heavy atom. The van der Waals surface area contributed by atoms with Crippen molar-refractivity contribution in [2.45, 2.75) is 18.9 Å². The molecule has 1 aromatic heterocycles. The molecule has 1 heterocycles. The van der Waals surface area contributed by atoms with Gasteiger partial charge in [-0.3, -0.25) is 0 Å². The van der Waals surface area contributed by atoms with Crippen LogP contribution in [0.5, 0.6) is 5.88 Å². The number of aromatic nitrogens is 1. The average molecular weight is 190 g/mol. The van der Waals surface area contributed by atoms with Crippen LogP contribution in [0.15, 0.2) is 18.3 Å². The van der Waals surface area contributed by atoms with Gasteiger partial charge in [0.1, 0.15) is 0 Å². The van der Waals surface area contributed by atoms with Gasteiger partial charge in [-0.05, 0) is 12.5 Å². The van der Waals surface area contributed by atoms with Crippen LogP contribution >= 0.6 is 0 Å². The van der Waals surface area contributed by atoms with Crippen LogP contribution in [0, 0.1) is 12.3 Å². The summed E-state index contributed by atoms with van der Waals surface area (Å²) in [7, 11) is 1.58. The highest BCUT2D eigenvalue weighted by Gasteiger charge is 2.11. The fourth-order valence-electron chi connectivity index (χ4n) is 1.25. The van der Waals surface area contributed by atoms with E-state index in [0.29, 0.717) is 12.3 Å². The first-order valence-electron chi connectivity index (χ1n) is 4.47. The van der Waals surface area contributed by atoms with E-state index < -0.39 is 0 Å². The number of hydrogen-bond acceptors (Lipinski definition) is 3. The number of methoxy groups -OCH3 is 1. The third-order valence-electron chi connectivity index (χ3n) is 1.99. The lowest BCUT2D eigenvalue weighted by Gasteiger charge is -2.12. The molecule has 1 aromatic rings. The van der Waals surface area contributed by atoms with E-state index in [2.05, 4.69) is 10.9 Å². The van der Waals surface area contributed by atoms with Crippen LogP contribution in [-0.2, 0) is 0 Å². The van der Waals surface area contributed by atoms with Crippen molar-refractivity contribution >= 4 is 0 Å². The number of pyridine rings is 1. The molecule has 3 heteroatoms. The molecule has 3 nitrogen and oxygen atoms in total. The van der Waals surface area contributed by atoms with Crippen molar-refractivity contribution in [3.63, 3.8) is 0 Å². The first-order chi connectivity index (χ1) is 6.79. The van der Waals surface area contributed by atoms with Crippen LogP contribution in [-0.4, -0.2) is 12.1 Å². The number of terminal acetylenes is 1. The Kier molecular flexibility index (Phi) is 3.96. The SMILES string of the molecule is C#CCCC(N)c1cccnc1OC. The van der Waals surface area contributed by atoms with Gasteiger partial charge in [-0.15, -0.1) is 12.3 Å². The Morgan fingerprint density at radius 1 is 1.71 bits per heavy atom. The molecule has 74 valence electrons. The van der Waals surface area contributed by atoms with E-state index in [1.807, 2.05) is 12.1 Å². The van der Waals surface area contributed by atoms with Gasteiger partial charge in [0, 0.05) is 24.2 Å². The van der Waals surface area contributed by atoms with Crippen molar-refractivity contribution in [2.75, 3.05) is 7.11 Å². The fraction of sp³-hybridized carbons (Fsp3) is 0.364. The largest absolute Gasteiger partial charge is 0.481 e. The van der Waals surface area contributed by atoms with Crippen LogP contribution in [0.4, 0.5) is 0 Å². The molecular formula is C11H14N2O. The third-order valence-corrected chi connectivity index (χ3v) is 1.99. The van der Waals surface area contributed by atoms with Gasteiger partial charge >= 0.3 is 0 Å². The molecule has 0 aliphatic rings. The van der Waals surface area contributed by atoms with Gasteiger partial charge in [0.15, 0.2) is 0 Å². The smallest absolute Gasteiger partial charge is 0.217 e. The lowest BCUT2D eigenvalue weighted by atomic mass is 10.0. The van der Waals surface area contributed by atoms with E-state index in [1.54, 1.807) is 13.3 Å². The minimum Gasteiger partial charge on any atom is -0.481 e. The highest BCUT2D eigenvalue weighted by molar-refractivity contribution is 5.28. The number of nitrogens with two attached hydrogens (primary N) is 1. The maximum Gasteiger partial charge on any atom is 0.217 e. The second-order valence-corrected chi connectivity index (χ2v) is 2.95. The van der Waals surface area contributed by atoms with Crippen molar-refractivity contribution in [3.8, 4) is 18.2 Å². The Balaban J connectivity index is 2.78. The van der Waals surface area contributed by atoms with E-state index in [0.717, 1.165) is 12.0 Å². The minimum absolute atomic E-state index is 0.102. The third kappa shape index (κ3) is 2.48. The zero-order valence-corrected chi connectivity index (χ0v) is 8.23. The van der Waals surface area contributed by atoms with Gasteiger partial charge in [0.25, 0.3) is 0 Å². The Bertz CT molecular complexity index is 330. The van der Waals surface area contributed by atoms with E-state index in [9.17, 15) is 0 Å². The van der Waals surface area contributed by atoms with E-state index in [-0.39, 0.29) is 6.04 Å². The highest BCUT2D eigenvalue weighted by Crippen LogP contribution is 2.23. The molecule has 1 rings (SSSR count). The average Bonchev–Trinajstić information content (AvgIpc) is 2.25. The summed E-state index contributed by atoms with van der Waals surface area (Å²) in [5.41, 5.74) is 6.85. The lowest BCUT2D eigenvalue weighted by molar-refractivity contribution is 0.387. The molecule has 0 spiro atoms. The van der Waals surface area contributed by atoms with Gasteiger partial charge in [-0.2, -0.15) is 0 Å². The van der Waals surface area contributed by atoms with Crippen LogP contribution in [0.2, 0.25) is 0 Å². The quantitative estimate of drug-likeness (QED) is 0.732. The molecule has 0 amide bonds. The second kappa shape index (κ2) is 5.25. The predicted molar refractivity (Wildman–Crippen MR) is 55.8 cm³/mol. The van der Waals surface area contributed by atoms with Crippen molar-refractivity contribution in [3.05, 3.63) is 23.9 Å². The summed E-state index contributed by atoms with van der Waals surface area (Å²) >= 11 is 0. The van der Waals surface area contributed by atoms with Gasteiger partial charge in [0.2, 0.25) is 5.88 Å². The zero-order valence-electron chi connectivity index (χ0n) is 8.23. The number of hydrogen-bond donors (Lipinski definition) is 1. The fourth-order valence-corrected chi connectivity index (χ4v) is 1.25. The Labute approximate surface area is 84.3 Å². The summed E-state index contributed by atoms with van der Waals surface area (Å²) in [6.07, 6.45) is 8.26. The molecule has 1 unspecified atom stereocenters. The molecule has 0 aliphatic heterocycles. The number of rotatable bonds is 4. The molecule has 0 aromatic carbocycles. The number of nitrogens with zero attached hydrogens (tertiary/aromatic N) is 1. The molecule has 0 bridgehead atoms. The standard InChI is InChI=1S/C11H14N2O/c1-3-4-7-10(12)9-6-5-8-13-11(9)14-2/h1,5-6,8,10H,4,7,12H2,2H3. The second-order valence-electron chi connectivity index (χ2n) is 2.95. The molecule has 2 N–H and O–H groups in total. The van der Waals surface area contributed by atoms with Crippen LogP contribution in [0.1, 0.15) is 24.4 Å². The van der Waals surface area contributed by atoms with E-state index >= 15 is 0 Å². The summed E-state index contributed by atoms with van der Waals surface area (Å²) in [5, 5.41) is 0. The lowest BCUT2D eigenvalue weighted by Crippen LogP contribution is -2.11. The van der Waals surface area contributed by atoms with Crippen LogP contribution < -0.4 is 10.5 Å². The Morgan fingerprint density at radius 2 is 2.50 bits per heavy atom. The number of ether oxygens (including phenoxy) is 1. The van der Waals surface area contributed by atoms with Crippen molar-refractivity contribution in [1.29, 1.82) is 0 Å². The van der Waals surface area contributed by atoms with Gasteiger partial charge in [-0.25, -0.2) is 4.98 Å². The Hall–Kier alpha value is -1.53. The maximum absolute atomic E-state index is 5.94. The molecule has 0 fully saturated rings. The highest BCUT2D eigenvalue weighted by atomic mass is 16.5. The van der Waals surface area contributed by atoms with Gasteiger partial charge < -0.3 is 10.5 Å². The predicted octanol–water partition coefficient (Wildman–Crippen LogP) is 1.50. The molecule has 0 radical (unpaired) electrons. The van der Waals surface area contributed by atoms with Crippen molar-refractivity contribution in [1.82, 2.24) is 4.98 Å². The topological polar surface area (TPSA) is 48.1 Å². The summed E-state index contributed by atoms with van der Waals surface area (Å²) in [6.45, 7) is 0. The van der Waals surface area contributed by atoms with E-state index in [1.165, 1.54) is 0 Å². The molecule has 0 aliphatic carbocycles. The molecule has 0 saturated carbocycles. The first-order valence-corrected chi connectivity index (χ1v) is 4.47. The molecule has 14 heavy (non-hydrogen) atoms. The maximum atomic E-state index is 5.94. The summed E-state index contributed by atoms with van der Waals surface area (Å²) in [5.74, 6) is 3.15. The molecule has 0 saturated heterocycles. The van der Waals surface area contributed by atoms with E-state index in [4.69, 9.17) is 16.9 Å². The summed E-state index contributed by atoms with van der Waals surface area (Å²) in [4.78, 5) is 4.07. The van der Waals surface area contributed by atoms with Gasteiger partial charge in [-0.1, -0.05) is 6.07 Å². The monoisotopic (exact) mass is 190 g/mol.